The van der Waals surface area contributed by atoms with Crippen LogP contribution in [0.1, 0.15) is 41.4 Å². The highest BCUT2D eigenvalue weighted by atomic mass is 79.9. The lowest BCUT2D eigenvalue weighted by molar-refractivity contribution is 0.0698. The Balaban J connectivity index is 2.24. The topological polar surface area (TPSA) is 55.1 Å². The summed E-state index contributed by atoms with van der Waals surface area (Å²) in [6.45, 7) is 3.76. The van der Waals surface area contributed by atoms with Crippen LogP contribution in [0, 0.1) is 11.8 Å². The number of benzene rings is 2. The van der Waals surface area contributed by atoms with Crippen molar-refractivity contribution < 1.29 is 9.90 Å². The van der Waals surface area contributed by atoms with Crippen LogP contribution in [0.15, 0.2) is 47.1 Å². The largest absolute Gasteiger partial charge is 0.478 e. The third-order valence-electron chi connectivity index (χ3n) is 3.97. The number of aromatic carboxylic acids is 1. The predicted octanol–water partition coefficient (Wildman–Crippen LogP) is 4.48. The maximum Gasteiger partial charge on any atom is 0.337 e. The maximum atomic E-state index is 11.7. The second-order valence-corrected chi connectivity index (χ2v) is 6.34. The van der Waals surface area contributed by atoms with E-state index in [0.29, 0.717) is 5.52 Å². The maximum absolute atomic E-state index is 11.7. The molecule has 1 heterocycles. The number of rotatable bonds is 3. The van der Waals surface area contributed by atoms with Crippen LogP contribution in [0.4, 0.5) is 0 Å². The quantitative estimate of drug-likeness (QED) is 0.679. The van der Waals surface area contributed by atoms with Gasteiger partial charge in [0.1, 0.15) is 0 Å². The molecule has 5 heteroatoms. The summed E-state index contributed by atoms with van der Waals surface area (Å²) in [4.78, 5) is 11.7. The molecule has 1 aromatic heterocycles. The summed E-state index contributed by atoms with van der Waals surface area (Å²) >= 11 is 3.43. The van der Waals surface area contributed by atoms with E-state index in [-0.39, 0.29) is 11.6 Å². The molecule has 1 atom stereocenters. The number of aromatic nitrogens is 2. The van der Waals surface area contributed by atoms with Crippen LogP contribution in [0.2, 0.25) is 0 Å². The fraction of sp³-hybridized carbons (Fsp3) is 0.158. The van der Waals surface area contributed by atoms with Crippen LogP contribution in [-0.2, 0) is 0 Å². The van der Waals surface area contributed by atoms with Gasteiger partial charge in [0.15, 0.2) is 0 Å². The monoisotopic (exact) mass is 382 g/mol. The Morgan fingerprint density at radius 1 is 1.25 bits per heavy atom. The molecule has 0 radical (unpaired) electrons. The molecule has 4 nitrogen and oxygen atoms in total. The van der Waals surface area contributed by atoms with Crippen LogP contribution in [0.25, 0.3) is 10.9 Å². The number of hydrogen-bond donors (Lipinski definition) is 1. The summed E-state index contributed by atoms with van der Waals surface area (Å²) < 4.78 is 2.75. The number of carbonyl (C=O) groups is 1. The highest BCUT2D eigenvalue weighted by Crippen LogP contribution is 2.28. The summed E-state index contributed by atoms with van der Waals surface area (Å²) in [5.74, 6) is 4.90. The van der Waals surface area contributed by atoms with Gasteiger partial charge in [-0.15, -0.1) is 5.92 Å². The van der Waals surface area contributed by atoms with E-state index in [4.69, 9.17) is 0 Å². The lowest BCUT2D eigenvalue weighted by Crippen LogP contribution is -2.11. The number of carboxylic acids is 1. The smallest absolute Gasteiger partial charge is 0.337 e. The molecule has 0 amide bonds. The van der Waals surface area contributed by atoms with Crippen LogP contribution in [-0.4, -0.2) is 20.9 Å². The molecule has 1 N–H and O–H groups in total. The molecule has 3 rings (SSSR count). The van der Waals surface area contributed by atoms with E-state index in [1.807, 2.05) is 31.2 Å². The van der Waals surface area contributed by atoms with Gasteiger partial charge < -0.3 is 5.11 Å². The Kier molecular flexibility index (Phi) is 4.41. The van der Waals surface area contributed by atoms with Gasteiger partial charge in [0.25, 0.3) is 0 Å². The van der Waals surface area contributed by atoms with Gasteiger partial charge in [0.05, 0.1) is 23.3 Å². The molecule has 0 saturated carbocycles. The molecule has 120 valence electrons. The molecule has 0 aliphatic carbocycles. The van der Waals surface area contributed by atoms with Crippen molar-refractivity contribution in [3.8, 4) is 11.8 Å². The van der Waals surface area contributed by atoms with Gasteiger partial charge in [-0.25, -0.2) is 4.79 Å². The summed E-state index contributed by atoms with van der Waals surface area (Å²) in [5.41, 5.74) is 2.66. The van der Waals surface area contributed by atoms with Crippen molar-refractivity contribution >= 4 is 32.8 Å². The molecule has 1 unspecified atom stereocenters. The van der Waals surface area contributed by atoms with Gasteiger partial charge in [0, 0.05) is 15.4 Å². The van der Waals surface area contributed by atoms with Gasteiger partial charge in [-0.3, -0.25) is 4.68 Å². The number of hydrogen-bond acceptors (Lipinski definition) is 2. The van der Waals surface area contributed by atoms with Gasteiger partial charge in [-0.1, -0.05) is 34.0 Å². The molecule has 0 saturated heterocycles. The highest BCUT2D eigenvalue weighted by Gasteiger charge is 2.19. The molecule has 0 aliphatic rings. The molecule has 2 aromatic carbocycles. The predicted molar refractivity (Wildman–Crippen MR) is 97.2 cm³/mol. The molecule has 0 spiro atoms. The van der Waals surface area contributed by atoms with Crippen molar-refractivity contribution in [1.29, 1.82) is 0 Å². The third kappa shape index (κ3) is 2.81. The Bertz CT molecular complexity index is 978. The number of nitrogens with zero attached hydrogens (tertiary/aromatic N) is 2. The van der Waals surface area contributed by atoms with Gasteiger partial charge in [0.2, 0.25) is 0 Å². The Morgan fingerprint density at radius 3 is 2.58 bits per heavy atom. The number of carboxylic acid groups (broad SMARTS) is 1. The zero-order valence-electron chi connectivity index (χ0n) is 13.2. The lowest BCUT2D eigenvalue weighted by Gasteiger charge is -2.15. The Morgan fingerprint density at radius 2 is 1.96 bits per heavy atom. The summed E-state index contributed by atoms with van der Waals surface area (Å²) in [6.07, 6.45) is 1.69. The first-order chi connectivity index (χ1) is 11.5. The second kappa shape index (κ2) is 6.50. The van der Waals surface area contributed by atoms with E-state index in [2.05, 4.69) is 32.9 Å². The Labute approximate surface area is 148 Å². The normalized spacial score (nSPS) is 11.8. The molecule has 0 fully saturated rings. The van der Waals surface area contributed by atoms with Gasteiger partial charge in [-0.05, 0) is 43.7 Å². The summed E-state index contributed by atoms with van der Waals surface area (Å²) in [6, 6.07) is 11.2. The van der Waals surface area contributed by atoms with E-state index < -0.39 is 5.97 Å². The summed E-state index contributed by atoms with van der Waals surface area (Å²) in [5, 5.41) is 14.8. The first-order valence-corrected chi connectivity index (χ1v) is 8.24. The van der Waals surface area contributed by atoms with Crippen LogP contribution in [0.3, 0.4) is 0 Å². The highest BCUT2D eigenvalue weighted by molar-refractivity contribution is 9.10. The molecule has 24 heavy (non-hydrogen) atoms. The minimum atomic E-state index is -0.972. The minimum Gasteiger partial charge on any atom is -0.478 e. The van der Waals surface area contributed by atoms with Crippen molar-refractivity contribution in [2.75, 3.05) is 0 Å². The van der Waals surface area contributed by atoms with E-state index in [9.17, 15) is 9.90 Å². The average Bonchev–Trinajstić information content (AvgIpc) is 3.00. The van der Waals surface area contributed by atoms with E-state index >= 15 is 0 Å². The molecule has 0 bridgehead atoms. The first kappa shape index (κ1) is 16.3. The second-order valence-electron chi connectivity index (χ2n) is 5.42. The van der Waals surface area contributed by atoms with Crippen LogP contribution in [0.5, 0.6) is 0 Å². The van der Waals surface area contributed by atoms with Crippen molar-refractivity contribution in [3.63, 3.8) is 0 Å². The van der Waals surface area contributed by atoms with Crippen LogP contribution >= 0.6 is 15.9 Å². The number of halogens is 1. The molecule has 3 aromatic rings. The van der Waals surface area contributed by atoms with Crippen molar-refractivity contribution in [2.24, 2.45) is 0 Å². The summed E-state index contributed by atoms with van der Waals surface area (Å²) in [7, 11) is 0. The van der Waals surface area contributed by atoms with Crippen molar-refractivity contribution in [2.45, 2.75) is 19.9 Å². The average molecular weight is 383 g/mol. The van der Waals surface area contributed by atoms with Crippen molar-refractivity contribution in [1.82, 2.24) is 9.78 Å². The van der Waals surface area contributed by atoms with Crippen LogP contribution < -0.4 is 0 Å². The standard InChI is InChI=1S/C19H15BrN2O2/c1-3-4-14-7-10-16(19(23)24)18-17(14)11-21-22(18)12(2)13-5-8-15(20)9-6-13/h5-12H,1-2H3,(H,23,24). The van der Waals surface area contributed by atoms with E-state index in [1.54, 1.807) is 29.9 Å². The fourth-order valence-corrected chi connectivity index (χ4v) is 3.02. The van der Waals surface area contributed by atoms with E-state index in [1.165, 1.54) is 0 Å². The SMILES string of the molecule is CC#Cc1ccc(C(=O)O)c2c1cnn2C(C)c1ccc(Br)cc1. The van der Waals surface area contributed by atoms with Gasteiger partial charge in [-0.2, -0.15) is 5.10 Å². The Hall–Kier alpha value is -2.58. The van der Waals surface area contributed by atoms with Crippen molar-refractivity contribution in [3.05, 3.63) is 63.8 Å². The molecular weight excluding hydrogens is 368 g/mol. The minimum absolute atomic E-state index is 0.0986. The fourth-order valence-electron chi connectivity index (χ4n) is 2.76. The number of fused-ring (bicyclic) bond motifs is 1. The zero-order chi connectivity index (χ0) is 17.3. The zero-order valence-corrected chi connectivity index (χ0v) is 14.8. The molecular formula is C19H15BrN2O2. The third-order valence-corrected chi connectivity index (χ3v) is 4.50. The van der Waals surface area contributed by atoms with Gasteiger partial charge >= 0.3 is 5.97 Å². The molecule has 0 aliphatic heterocycles. The lowest BCUT2D eigenvalue weighted by atomic mass is 10.0. The van der Waals surface area contributed by atoms with E-state index in [0.717, 1.165) is 21.0 Å². The first-order valence-electron chi connectivity index (χ1n) is 7.44.